The zero-order chi connectivity index (χ0) is 19.6. The number of hydrogen-bond acceptors (Lipinski definition) is 5. The van der Waals surface area contributed by atoms with E-state index in [4.69, 9.17) is 4.74 Å². The van der Waals surface area contributed by atoms with Gasteiger partial charge < -0.3 is 15.0 Å². The zero-order valence-corrected chi connectivity index (χ0v) is 16.3. The number of nitrogens with zero attached hydrogens (tertiary/aromatic N) is 5. The topological polar surface area (TPSA) is 60.1 Å². The molecule has 2 aromatic rings. The molecule has 6 rings (SSSR count). The van der Waals surface area contributed by atoms with Crippen molar-refractivity contribution in [1.29, 1.82) is 0 Å². The summed E-state index contributed by atoms with van der Waals surface area (Å²) in [6.07, 6.45) is 6.30. The molecule has 1 aliphatic carbocycles. The first-order chi connectivity index (χ1) is 14.1. The van der Waals surface area contributed by atoms with E-state index in [1.165, 1.54) is 0 Å². The van der Waals surface area contributed by atoms with Gasteiger partial charge in [0.1, 0.15) is 11.5 Å². The Bertz CT molecular complexity index is 897. The average Bonchev–Trinajstić information content (AvgIpc) is 3.49. The molecule has 1 N–H and O–H groups in total. The summed E-state index contributed by atoms with van der Waals surface area (Å²) < 4.78 is 36.9. The Balaban J connectivity index is 1.31. The van der Waals surface area contributed by atoms with E-state index >= 15 is 0 Å². The van der Waals surface area contributed by atoms with Crippen LogP contribution in [0.1, 0.15) is 50.3 Å². The first-order valence-corrected chi connectivity index (χ1v) is 10.6. The molecule has 0 unspecified atom stereocenters. The summed E-state index contributed by atoms with van der Waals surface area (Å²) in [5, 5.41) is 12.1. The minimum atomic E-state index is -2.63. The monoisotopic (exact) mass is 404 g/mol. The van der Waals surface area contributed by atoms with Crippen LogP contribution in [-0.4, -0.2) is 57.9 Å². The van der Waals surface area contributed by atoms with Gasteiger partial charge in [-0.3, -0.25) is 4.68 Å². The molecular formula is C20H26F2N6O. The lowest BCUT2D eigenvalue weighted by molar-refractivity contribution is 0.0803. The van der Waals surface area contributed by atoms with E-state index in [1.54, 1.807) is 21.8 Å². The minimum absolute atomic E-state index is 0.179. The van der Waals surface area contributed by atoms with Crippen molar-refractivity contribution < 1.29 is 13.5 Å². The van der Waals surface area contributed by atoms with E-state index in [2.05, 4.69) is 20.4 Å². The standard InChI is InChI=1S/C20H26F2N6O/c21-19(22)18-16(9-27(25-18)13-1-4-20(5-2-13)11-23-12-20)28-17(3-6-24-28)26-8-15-7-14(26)10-29-15/h3,6,9,13-15,19,23H,1-2,4-5,7-8,10-12H2/t14-,15-/m1/s1. The van der Waals surface area contributed by atoms with Crippen LogP contribution in [0.25, 0.3) is 5.69 Å². The Kier molecular flexibility index (Phi) is 4.00. The molecule has 5 heterocycles. The van der Waals surface area contributed by atoms with Crippen molar-refractivity contribution in [3.8, 4) is 5.69 Å². The molecule has 2 atom stereocenters. The summed E-state index contributed by atoms with van der Waals surface area (Å²) in [6.45, 7) is 3.65. The van der Waals surface area contributed by atoms with Crippen molar-refractivity contribution in [2.75, 3.05) is 31.1 Å². The molecule has 9 heteroatoms. The molecule has 0 amide bonds. The molecule has 3 saturated heterocycles. The highest BCUT2D eigenvalue weighted by Gasteiger charge is 2.42. The highest BCUT2D eigenvalue weighted by molar-refractivity contribution is 5.50. The predicted octanol–water partition coefficient (Wildman–Crippen LogP) is 2.69. The third-order valence-corrected chi connectivity index (χ3v) is 7.38. The van der Waals surface area contributed by atoms with Crippen molar-refractivity contribution in [2.45, 2.75) is 56.7 Å². The van der Waals surface area contributed by atoms with Crippen LogP contribution in [0.4, 0.5) is 14.6 Å². The molecule has 0 aromatic carbocycles. The number of fused-ring (bicyclic) bond motifs is 2. The second kappa shape index (κ2) is 6.50. The molecule has 1 spiro atoms. The highest BCUT2D eigenvalue weighted by Crippen LogP contribution is 2.44. The third kappa shape index (κ3) is 2.81. The highest BCUT2D eigenvalue weighted by atomic mass is 19.3. The van der Waals surface area contributed by atoms with Gasteiger partial charge in [0.2, 0.25) is 0 Å². The largest absolute Gasteiger partial charge is 0.374 e. The normalized spacial score (nSPS) is 28.6. The maximum atomic E-state index is 13.9. The van der Waals surface area contributed by atoms with Crippen molar-refractivity contribution in [2.24, 2.45) is 5.41 Å². The lowest BCUT2D eigenvalue weighted by atomic mass is 9.68. The Morgan fingerprint density at radius 3 is 2.66 bits per heavy atom. The fraction of sp³-hybridized carbons (Fsp3) is 0.700. The minimum Gasteiger partial charge on any atom is -0.374 e. The zero-order valence-electron chi connectivity index (χ0n) is 16.3. The number of halogens is 2. The number of rotatable bonds is 4. The van der Waals surface area contributed by atoms with Gasteiger partial charge in [-0.2, -0.15) is 10.2 Å². The van der Waals surface area contributed by atoms with Crippen LogP contribution in [0.2, 0.25) is 0 Å². The van der Waals surface area contributed by atoms with Crippen LogP contribution >= 0.6 is 0 Å². The summed E-state index contributed by atoms with van der Waals surface area (Å²) in [7, 11) is 0. The fourth-order valence-corrected chi connectivity index (χ4v) is 5.59. The predicted molar refractivity (Wildman–Crippen MR) is 103 cm³/mol. The van der Waals surface area contributed by atoms with Gasteiger partial charge in [-0.25, -0.2) is 13.5 Å². The van der Waals surface area contributed by atoms with Crippen LogP contribution < -0.4 is 10.2 Å². The van der Waals surface area contributed by atoms with Gasteiger partial charge in [0.05, 0.1) is 37.2 Å². The van der Waals surface area contributed by atoms with Crippen molar-refractivity contribution in [3.63, 3.8) is 0 Å². The molecule has 1 saturated carbocycles. The van der Waals surface area contributed by atoms with E-state index in [-0.39, 0.29) is 17.8 Å². The molecule has 156 valence electrons. The quantitative estimate of drug-likeness (QED) is 0.849. The summed E-state index contributed by atoms with van der Waals surface area (Å²) in [5.41, 5.74) is 0.653. The number of anilines is 1. The molecule has 2 bridgehead atoms. The van der Waals surface area contributed by atoms with E-state index in [0.29, 0.717) is 23.8 Å². The van der Waals surface area contributed by atoms with E-state index in [1.807, 2.05) is 6.07 Å². The van der Waals surface area contributed by atoms with Gasteiger partial charge in [0, 0.05) is 25.7 Å². The molecule has 7 nitrogen and oxygen atoms in total. The number of morpholine rings is 1. The summed E-state index contributed by atoms with van der Waals surface area (Å²) in [6, 6.07) is 2.38. The van der Waals surface area contributed by atoms with Gasteiger partial charge in [0.25, 0.3) is 6.43 Å². The van der Waals surface area contributed by atoms with Crippen LogP contribution in [0.3, 0.4) is 0 Å². The second-order valence-electron chi connectivity index (χ2n) is 9.11. The average molecular weight is 404 g/mol. The summed E-state index contributed by atoms with van der Waals surface area (Å²) >= 11 is 0. The van der Waals surface area contributed by atoms with Crippen molar-refractivity contribution in [3.05, 3.63) is 24.2 Å². The number of ether oxygens (including phenoxy) is 1. The van der Waals surface area contributed by atoms with Gasteiger partial charge >= 0.3 is 0 Å². The van der Waals surface area contributed by atoms with Gasteiger partial charge in [-0.15, -0.1) is 0 Å². The number of hydrogen-bond donors (Lipinski definition) is 1. The fourth-order valence-electron chi connectivity index (χ4n) is 5.59. The van der Waals surface area contributed by atoms with Crippen molar-refractivity contribution >= 4 is 5.82 Å². The maximum Gasteiger partial charge on any atom is 0.284 e. The Morgan fingerprint density at radius 1 is 1.21 bits per heavy atom. The SMILES string of the molecule is FC(F)c1nn(C2CCC3(CC2)CNC3)cc1-n1nccc1N1C[C@H]2C[C@@H]1CO2. The van der Waals surface area contributed by atoms with Crippen LogP contribution in [-0.2, 0) is 4.74 Å². The lowest BCUT2D eigenvalue weighted by Gasteiger charge is -2.47. The molecule has 2 aromatic heterocycles. The first-order valence-electron chi connectivity index (χ1n) is 10.6. The van der Waals surface area contributed by atoms with Crippen LogP contribution in [0.15, 0.2) is 18.5 Å². The van der Waals surface area contributed by atoms with Gasteiger partial charge in [-0.05, 0) is 37.5 Å². The number of aromatic nitrogens is 4. The van der Waals surface area contributed by atoms with Crippen LogP contribution in [0, 0.1) is 5.41 Å². The van der Waals surface area contributed by atoms with E-state index in [0.717, 1.165) is 57.6 Å². The molecular weight excluding hydrogens is 378 g/mol. The number of alkyl halides is 2. The van der Waals surface area contributed by atoms with Gasteiger partial charge in [-0.1, -0.05) is 0 Å². The summed E-state index contributed by atoms with van der Waals surface area (Å²) in [5.74, 6) is 0.852. The molecule has 4 fully saturated rings. The number of nitrogens with one attached hydrogen (secondary N) is 1. The third-order valence-electron chi connectivity index (χ3n) is 7.38. The van der Waals surface area contributed by atoms with Crippen LogP contribution in [0.5, 0.6) is 0 Å². The Morgan fingerprint density at radius 2 is 2.03 bits per heavy atom. The van der Waals surface area contributed by atoms with Gasteiger partial charge in [0.15, 0.2) is 5.69 Å². The maximum absolute atomic E-state index is 13.9. The molecule has 29 heavy (non-hydrogen) atoms. The molecule has 4 aliphatic rings. The molecule has 0 radical (unpaired) electrons. The smallest absolute Gasteiger partial charge is 0.284 e. The summed E-state index contributed by atoms with van der Waals surface area (Å²) in [4.78, 5) is 2.24. The van der Waals surface area contributed by atoms with E-state index < -0.39 is 6.43 Å². The van der Waals surface area contributed by atoms with Crippen molar-refractivity contribution in [1.82, 2.24) is 24.9 Å². The molecule has 3 aliphatic heterocycles. The second-order valence-corrected chi connectivity index (χ2v) is 9.11. The Hall–Kier alpha value is -2.00. The lowest BCUT2D eigenvalue weighted by Crippen LogP contribution is -2.54. The van der Waals surface area contributed by atoms with E-state index in [9.17, 15) is 8.78 Å². The first kappa shape index (κ1) is 17.8. The Labute approximate surface area is 168 Å².